The van der Waals surface area contributed by atoms with E-state index in [0.29, 0.717) is 37.4 Å². The van der Waals surface area contributed by atoms with Crippen LogP contribution in [0.2, 0.25) is 0 Å². The lowest BCUT2D eigenvalue weighted by Crippen LogP contribution is -2.60. The maximum absolute atomic E-state index is 12.9. The van der Waals surface area contributed by atoms with Crippen molar-refractivity contribution in [2.75, 3.05) is 19.7 Å². The van der Waals surface area contributed by atoms with Crippen molar-refractivity contribution < 1.29 is 23.9 Å². The molecule has 2 N–H and O–H groups in total. The molecule has 2 aromatic carbocycles. The largest absolute Gasteiger partial charge is 0.493 e. The van der Waals surface area contributed by atoms with Crippen LogP contribution in [-0.2, 0) is 20.7 Å². The second-order valence-corrected chi connectivity index (χ2v) is 8.67. The summed E-state index contributed by atoms with van der Waals surface area (Å²) in [6.07, 6.45) is 1.03. The number of hydrogen-bond donors (Lipinski definition) is 2. The number of nitrogens with zero attached hydrogens (tertiary/aromatic N) is 1. The van der Waals surface area contributed by atoms with Crippen LogP contribution in [0.3, 0.4) is 0 Å². The summed E-state index contributed by atoms with van der Waals surface area (Å²) in [5.41, 5.74) is 1.54. The first-order valence-corrected chi connectivity index (χ1v) is 12.1. The predicted octanol–water partition coefficient (Wildman–Crippen LogP) is 2.86. The second kappa shape index (κ2) is 12.9. The Morgan fingerprint density at radius 1 is 1.20 bits per heavy atom. The molecule has 8 nitrogen and oxygen atoms in total. The average molecular weight is 498 g/mol. The number of piperazine rings is 1. The fourth-order valence-electron chi connectivity index (χ4n) is 3.57. The van der Waals surface area contributed by atoms with E-state index < -0.39 is 17.9 Å². The third-order valence-electron chi connectivity index (χ3n) is 5.68. The Labute approximate surface area is 211 Å². The van der Waals surface area contributed by atoms with Crippen LogP contribution in [-0.4, -0.2) is 59.6 Å². The van der Waals surface area contributed by atoms with Crippen LogP contribution in [0, 0.1) is 0 Å². The maximum Gasteiger partial charge on any atom is 0.308 e. The van der Waals surface area contributed by atoms with Crippen molar-refractivity contribution in [1.29, 1.82) is 0 Å². The lowest BCUT2D eigenvalue weighted by molar-refractivity contribution is -0.151. The lowest BCUT2D eigenvalue weighted by Gasteiger charge is -2.36. The number of carbonyl (C=O) groups is 3. The molecule has 9 heteroatoms. The summed E-state index contributed by atoms with van der Waals surface area (Å²) < 4.78 is 11.1. The zero-order valence-corrected chi connectivity index (χ0v) is 20.8. The minimum Gasteiger partial charge on any atom is -0.493 e. The molecule has 2 atom stereocenters. The maximum atomic E-state index is 12.9. The highest BCUT2D eigenvalue weighted by atomic mass is 32.1. The quantitative estimate of drug-likeness (QED) is 0.406. The van der Waals surface area contributed by atoms with Crippen LogP contribution in [0.5, 0.6) is 5.75 Å². The third-order valence-corrected chi connectivity index (χ3v) is 6.01. The zero-order chi connectivity index (χ0) is 25.2. The van der Waals surface area contributed by atoms with Gasteiger partial charge >= 0.3 is 5.97 Å². The molecule has 0 spiro atoms. The Bertz CT molecular complexity index is 1050. The molecule has 0 saturated carbocycles. The molecule has 0 aromatic heterocycles. The van der Waals surface area contributed by atoms with Gasteiger partial charge in [0.15, 0.2) is 5.11 Å². The van der Waals surface area contributed by atoms with Gasteiger partial charge in [0.2, 0.25) is 5.91 Å². The van der Waals surface area contributed by atoms with E-state index in [4.69, 9.17) is 21.7 Å². The Balaban J connectivity index is 1.58. The number of rotatable bonds is 9. The van der Waals surface area contributed by atoms with E-state index >= 15 is 0 Å². The van der Waals surface area contributed by atoms with Gasteiger partial charge in [0.25, 0.3) is 5.91 Å². The van der Waals surface area contributed by atoms with Gasteiger partial charge in [0.05, 0.1) is 19.1 Å². The number of amides is 2. The summed E-state index contributed by atoms with van der Waals surface area (Å²) in [4.78, 5) is 39.2. The fourth-order valence-corrected chi connectivity index (χ4v) is 3.89. The summed E-state index contributed by atoms with van der Waals surface area (Å²) in [5, 5.41) is 5.50. The van der Waals surface area contributed by atoms with E-state index in [0.717, 1.165) is 6.42 Å². The van der Waals surface area contributed by atoms with Crippen LogP contribution < -0.4 is 15.4 Å². The van der Waals surface area contributed by atoms with E-state index in [2.05, 4.69) is 10.6 Å². The predicted molar refractivity (Wildman–Crippen MR) is 136 cm³/mol. The van der Waals surface area contributed by atoms with E-state index in [-0.39, 0.29) is 23.5 Å². The zero-order valence-electron chi connectivity index (χ0n) is 20.0. The van der Waals surface area contributed by atoms with Gasteiger partial charge in [-0.1, -0.05) is 43.3 Å². The van der Waals surface area contributed by atoms with Crippen molar-refractivity contribution in [3.05, 3.63) is 65.7 Å². The van der Waals surface area contributed by atoms with Gasteiger partial charge in [-0.05, 0) is 49.3 Å². The van der Waals surface area contributed by atoms with Crippen molar-refractivity contribution in [3.63, 3.8) is 0 Å². The Morgan fingerprint density at radius 2 is 1.97 bits per heavy atom. The molecule has 3 rings (SSSR count). The standard InChI is InChI=1S/C26H31N3O5S/c1-3-18(2)34-23(30)17-22-25(32)27-13-14-29(22)26(35)28-24(31)20-10-7-11-21(16-20)33-15-12-19-8-5-4-6-9-19/h4-11,16,18,22H,3,12-15,17H2,1-2H3,(H,27,32)(H,28,31,35). The summed E-state index contributed by atoms with van der Waals surface area (Å²) >= 11 is 5.43. The first-order valence-electron chi connectivity index (χ1n) is 11.7. The summed E-state index contributed by atoms with van der Waals surface area (Å²) in [6.45, 7) is 4.91. The van der Waals surface area contributed by atoms with Crippen molar-refractivity contribution in [3.8, 4) is 5.75 Å². The number of hydrogen-bond acceptors (Lipinski definition) is 6. The number of carbonyl (C=O) groups excluding carboxylic acids is 3. The highest BCUT2D eigenvalue weighted by molar-refractivity contribution is 7.80. The Morgan fingerprint density at radius 3 is 2.71 bits per heavy atom. The summed E-state index contributed by atoms with van der Waals surface area (Å²) in [5.74, 6) is -0.665. The average Bonchev–Trinajstić information content (AvgIpc) is 2.86. The second-order valence-electron chi connectivity index (χ2n) is 8.28. The monoisotopic (exact) mass is 497 g/mol. The van der Waals surface area contributed by atoms with Crippen molar-refractivity contribution in [2.24, 2.45) is 0 Å². The van der Waals surface area contributed by atoms with Crippen LogP contribution in [0.15, 0.2) is 54.6 Å². The molecule has 1 saturated heterocycles. The third kappa shape index (κ3) is 7.78. The molecule has 2 unspecified atom stereocenters. The van der Waals surface area contributed by atoms with Crippen LogP contribution in [0.25, 0.3) is 0 Å². The van der Waals surface area contributed by atoms with Crippen LogP contribution >= 0.6 is 12.2 Å². The molecule has 1 heterocycles. The first kappa shape index (κ1) is 26.2. The van der Waals surface area contributed by atoms with Crippen LogP contribution in [0.1, 0.15) is 42.6 Å². The van der Waals surface area contributed by atoms with Crippen LogP contribution in [0.4, 0.5) is 0 Å². The molecular formula is C26H31N3O5S. The Kier molecular flexibility index (Phi) is 9.60. The number of benzene rings is 2. The van der Waals surface area contributed by atoms with E-state index in [1.165, 1.54) is 5.56 Å². The van der Waals surface area contributed by atoms with Crippen molar-refractivity contribution >= 4 is 35.1 Å². The number of thiocarbonyl (C=S) groups is 1. The minimum atomic E-state index is -0.847. The van der Waals surface area contributed by atoms with Crippen molar-refractivity contribution in [2.45, 2.75) is 45.3 Å². The molecule has 0 bridgehead atoms. The molecule has 0 radical (unpaired) electrons. The van der Waals surface area contributed by atoms with Gasteiger partial charge in [-0.2, -0.15) is 0 Å². The smallest absolute Gasteiger partial charge is 0.308 e. The summed E-state index contributed by atoms with van der Waals surface area (Å²) in [7, 11) is 0. The molecule has 1 aliphatic rings. The molecule has 186 valence electrons. The van der Waals surface area contributed by atoms with Gasteiger partial charge in [-0.15, -0.1) is 0 Å². The van der Waals surface area contributed by atoms with Gasteiger partial charge in [-0.3, -0.25) is 19.7 Å². The van der Waals surface area contributed by atoms with Gasteiger partial charge < -0.3 is 19.7 Å². The van der Waals surface area contributed by atoms with E-state index in [1.807, 2.05) is 37.3 Å². The van der Waals surface area contributed by atoms with Gasteiger partial charge in [0.1, 0.15) is 11.8 Å². The molecule has 2 aromatic rings. The molecule has 1 fully saturated rings. The fraction of sp³-hybridized carbons (Fsp3) is 0.385. The molecular weight excluding hydrogens is 466 g/mol. The van der Waals surface area contributed by atoms with E-state index in [9.17, 15) is 14.4 Å². The lowest BCUT2D eigenvalue weighted by atomic mass is 10.1. The molecule has 1 aliphatic heterocycles. The summed E-state index contributed by atoms with van der Waals surface area (Å²) in [6, 6.07) is 16.0. The highest BCUT2D eigenvalue weighted by Gasteiger charge is 2.34. The number of ether oxygens (including phenoxy) is 2. The number of nitrogens with one attached hydrogen (secondary N) is 2. The number of esters is 1. The molecule has 2 amide bonds. The molecule has 35 heavy (non-hydrogen) atoms. The van der Waals surface area contributed by atoms with Gasteiger partial charge in [0, 0.05) is 25.1 Å². The topological polar surface area (TPSA) is 97.0 Å². The van der Waals surface area contributed by atoms with Gasteiger partial charge in [-0.25, -0.2) is 0 Å². The normalized spacial score (nSPS) is 16.1. The SMILES string of the molecule is CCC(C)OC(=O)CC1C(=O)NCCN1C(=S)NC(=O)c1cccc(OCCc2ccccc2)c1. The minimum absolute atomic E-state index is 0.0848. The molecule has 0 aliphatic carbocycles. The Hall–Kier alpha value is -3.46. The van der Waals surface area contributed by atoms with Crippen molar-refractivity contribution in [1.82, 2.24) is 15.5 Å². The highest BCUT2D eigenvalue weighted by Crippen LogP contribution is 2.16. The first-order chi connectivity index (χ1) is 16.9. The van der Waals surface area contributed by atoms with E-state index in [1.54, 1.807) is 36.1 Å².